The molecular weight excluding hydrogens is 330 g/mol. The van der Waals surface area contributed by atoms with E-state index >= 15 is 0 Å². The molecule has 0 fully saturated rings. The molecule has 0 saturated heterocycles. The Balaban J connectivity index is 2.26. The lowest BCUT2D eigenvalue weighted by Gasteiger charge is -2.20. The summed E-state index contributed by atoms with van der Waals surface area (Å²) in [5, 5.41) is 12.0. The number of nitrogen functional groups attached to an aromatic ring is 1. The minimum absolute atomic E-state index is 0.0835. The average molecular weight is 350 g/mol. The second-order valence-corrected chi connectivity index (χ2v) is 5.80. The van der Waals surface area contributed by atoms with Gasteiger partial charge in [-0.05, 0) is 34.5 Å². The monoisotopic (exact) mass is 349 g/mol. The molecule has 0 aliphatic rings. The Morgan fingerprint density at radius 2 is 2.19 bits per heavy atom. The van der Waals surface area contributed by atoms with Crippen molar-refractivity contribution in [3.63, 3.8) is 0 Å². The molecule has 1 aromatic carbocycles. The first-order chi connectivity index (χ1) is 9.93. The minimum atomic E-state index is 0.0835. The van der Waals surface area contributed by atoms with Crippen LogP contribution >= 0.6 is 15.9 Å². The molecule has 3 N–H and O–H groups in total. The fraction of sp³-hybridized carbons (Fsp3) is 0.333. The zero-order chi connectivity index (χ0) is 15.6. The molecule has 0 amide bonds. The van der Waals surface area contributed by atoms with Crippen molar-refractivity contribution >= 4 is 27.5 Å². The number of hydrogen-bond acceptors (Lipinski definition) is 3. The molecule has 0 radical (unpaired) electrons. The van der Waals surface area contributed by atoms with Crippen molar-refractivity contribution in [1.29, 1.82) is 5.41 Å². The molecule has 112 valence electrons. The van der Waals surface area contributed by atoms with Gasteiger partial charge in [0.15, 0.2) is 0 Å². The van der Waals surface area contributed by atoms with Crippen LogP contribution in [0.25, 0.3) is 0 Å². The van der Waals surface area contributed by atoms with E-state index in [2.05, 4.69) is 32.9 Å². The zero-order valence-electron chi connectivity index (χ0n) is 12.5. The number of amidine groups is 1. The van der Waals surface area contributed by atoms with Crippen LogP contribution in [-0.4, -0.2) is 22.7 Å². The highest BCUT2D eigenvalue weighted by molar-refractivity contribution is 9.10. The third kappa shape index (κ3) is 3.26. The zero-order valence-corrected chi connectivity index (χ0v) is 14.1. The molecule has 0 atom stereocenters. The normalized spacial score (nSPS) is 10.7. The van der Waals surface area contributed by atoms with E-state index in [9.17, 15) is 0 Å². The largest absolute Gasteiger partial charge is 0.384 e. The van der Waals surface area contributed by atoms with E-state index in [0.717, 1.165) is 40.1 Å². The number of aromatic nitrogens is 2. The number of nitrogens with zero attached hydrogens (tertiary/aromatic N) is 3. The van der Waals surface area contributed by atoms with Gasteiger partial charge in [-0.1, -0.05) is 19.1 Å². The molecule has 1 heterocycles. The van der Waals surface area contributed by atoms with Gasteiger partial charge in [-0.15, -0.1) is 0 Å². The summed E-state index contributed by atoms with van der Waals surface area (Å²) in [6.07, 6.45) is 0.901. The van der Waals surface area contributed by atoms with E-state index in [1.54, 1.807) is 0 Å². The van der Waals surface area contributed by atoms with Crippen molar-refractivity contribution in [3.8, 4) is 0 Å². The Labute approximate surface area is 133 Å². The molecule has 0 saturated carbocycles. The summed E-state index contributed by atoms with van der Waals surface area (Å²) in [5.41, 5.74) is 9.50. The van der Waals surface area contributed by atoms with Gasteiger partial charge in [0.25, 0.3) is 0 Å². The summed E-state index contributed by atoms with van der Waals surface area (Å²) >= 11 is 3.64. The number of rotatable bonds is 5. The Kier molecular flexibility index (Phi) is 4.67. The van der Waals surface area contributed by atoms with E-state index in [1.807, 2.05) is 43.0 Å². The van der Waals surface area contributed by atoms with Crippen LogP contribution in [0.15, 0.2) is 28.7 Å². The Hall–Kier alpha value is -1.82. The van der Waals surface area contributed by atoms with Gasteiger partial charge in [0.05, 0.1) is 22.4 Å². The molecule has 0 unspecified atom stereocenters. The van der Waals surface area contributed by atoms with Crippen molar-refractivity contribution in [3.05, 3.63) is 45.7 Å². The molecule has 1 aromatic heterocycles. The lowest BCUT2D eigenvalue weighted by molar-refractivity contribution is 0.688. The summed E-state index contributed by atoms with van der Waals surface area (Å²) in [7, 11) is 3.98. The number of halogens is 1. The third-order valence-electron chi connectivity index (χ3n) is 3.49. The standard InChI is InChI=1S/C15H20BrN5/c1-4-12-14(16)13(21(3)19-12)9-20(2)11-7-5-6-10(8-11)15(17)18/h5-8H,4,9H2,1-3H3,(H3,17,18). The van der Waals surface area contributed by atoms with E-state index in [4.69, 9.17) is 11.1 Å². The highest BCUT2D eigenvalue weighted by atomic mass is 79.9. The molecule has 2 aromatic rings. The van der Waals surface area contributed by atoms with Gasteiger partial charge in [-0.3, -0.25) is 10.1 Å². The molecule has 0 aliphatic carbocycles. The van der Waals surface area contributed by atoms with Gasteiger partial charge < -0.3 is 10.6 Å². The van der Waals surface area contributed by atoms with Crippen LogP contribution in [0.1, 0.15) is 23.9 Å². The smallest absolute Gasteiger partial charge is 0.122 e. The maximum absolute atomic E-state index is 7.53. The molecular formula is C15H20BrN5. The molecule has 6 heteroatoms. The number of anilines is 1. The number of benzene rings is 1. The van der Waals surface area contributed by atoms with Crippen LogP contribution in [0.4, 0.5) is 5.69 Å². The topological polar surface area (TPSA) is 70.9 Å². The van der Waals surface area contributed by atoms with Gasteiger partial charge >= 0.3 is 0 Å². The lowest BCUT2D eigenvalue weighted by atomic mass is 10.1. The summed E-state index contributed by atoms with van der Waals surface area (Å²) in [6.45, 7) is 2.82. The first-order valence-corrected chi connectivity index (χ1v) is 7.59. The maximum Gasteiger partial charge on any atom is 0.122 e. The van der Waals surface area contributed by atoms with Crippen molar-refractivity contribution in [2.45, 2.75) is 19.9 Å². The molecule has 21 heavy (non-hydrogen) atoms. The predicted octanol–water partition coefficient (Wildman–Crippen LogP) is 2.67. The summed E-state index contributed by atoms with van der Waals surface area (Å²) in [6, 6.07) is 7.69. The number of hydrogen-bond donors (Lipinski definition) is 2. The molecule has 2 rings (SSSR count). The first-order valence-electron chi connectivity index (χ1n) is 6.79. The first kappa shape index (κ1) is 15.6. The maximum atomic E-state index is 7.53. The van der Waals surface area contributed by atoms with Crippen molar-refractivity contribution in [2.24, 2.45) is 12.8 Å². The molecule has 5 nitrogen and oxygen atoms in total. The SMILES string of the molecule is CCc1nn(C)c(CN(C)c2cccc(C(=N)N)c2)c1Br. The second kappa shape index (κ2) is 6.30. The van der Waals surface area contributed by atoms with Crippen molar-refractivity contribution < 1.29 is 0 Å². The van der Waals surface area contributed by atoms with Crippen molar-refractivity contribution in [1.82, 2.24) is 9.78 Å². The Bertz CT molecular complexity index is 662. The van der Waals surface area contributed by atoms with Gasteiger partial charge in [0, 0.05) is 25.3 Å². The minimum Gasteiger partial charge on any atom is -0.384 e. The van der Waals surface area contributed by atoms with Crippen molar-refractivity contribution in [2.75, 3.05) is 11.9 Å². The van der Waals surface area contributed by atoms with E-state index in [1.165, 1.54) is 0 Å². The quantitative estimate of drug-likeness (QED) is 0.643. The summed E-state index contributed by atoms with van der Waals surface area (Å²) in [4.78, 5) is 2.12. The van der Waals surface area contributed by atoms with E-state index in [-0.39, 0.29) is 5.84 Å². The highest BCUT2D eigenvalue weighted by Gasteiger charge is 2.14. The van der Waals surface area contributed by atoms with E-state index in [0.29, 0.717) is 0 Å². The van der Waals surface area contributed by atoms with Crippen LogP contribution in [0.2, 0.25) is 0 Å². The van der Waals surface area contributed by atoms with Gasteiger partial charge in [-0.25, -0.2) is 0 Å². The Morgan fingerprint density at radius 3 is 2.76 bits per heavy atom. The Morgan fingerprint density at radius 1 is 1.48 bits per heavy atom. The lowest BCUT2D eigenvalue weighted by Crippen LogP contribution is -2.20. The second-order valence-electron chi connectivity index (χ2n) is 5.00. The van der Waals surface area contributed by atoms with Gasteiger partial charge in [-0.2, -0.15) is 5.10 Å². The molecule has 0 aliphatic heterocycles. The van der Waals surface area contributed by atoms with Crippen LogP contribution in [-0.2, 0) is 20.0 Å². The van der Waals surface area contributed by atoms with Gasteiger partial charge in [0.1, 0.15) is 5.84 Å². The van der Waals surface area contributed by atoms with Crippen LogP contribution in [0.3, 0.4) is 0 Å². The fourth-order valence-electron chi connectivity index (χ4n) is 2.22. The predicted molar refractivity (Wildman–Crippen MR) is 89.9 cm³/mol. The number of nitrogens with one attached hydrogen (secondary N) is 1. The van der Waals surface area contributed by atoms with E-state index < -0.39 is 0 Å². The summed E-state index contributed by atoms with van der Waals surface area (Å²) < 4.78 is 2.98. The van der Waals surface area contributed by atoms with Crippen LogP contribution in [0.5, 0.6) is 0 Å². The van der Waals surface area contributed by atoms with Crippen LogP contribution in [0, 0.1) is 5.41 Å². The molecule has 0 bridgehead atoms. The number of aryl methyl sites for hydroxylation is 2. The van der Waals surface area contributed by atoms with Crippen LogP contribution < -0.4 is 10.6 Å². The summed E-state index contributed by atoms with van der Waals surface area (Å²) in [5.74, 6) is 0.0835. The molecule has 0 spiro atoms. The third-order valence-corrected chi connectivity index (χ3v) is 4.40. The average Bonchev–Trinajstić information content (AvgIpc) is 2.74. The van der Waals surface area contributed by atoms with Gasteiger partial charge in [0.2, 0.25) is 0 Å². The fourth-order valence-corrected chi connectivity index (χ4v) is 2.96. The highest BCUT2D eigenvalue weighted by Crippen LogP contribution is 2.24. The number of nitrogens with two attached hydrogens (primary N) is 1.